The minimum Gasteiger partial charge on any atom is -1.00 e. The largest absolute Gasteiger partial charge is 1.00 e. The number of thioether (sulfide) groups is 1. The first kappa shape index (κ1) is 17.1. The van der Waals surface area contributed by atoms with E-state index >= 15 is 0 Å². The summed E-state index contributed by atoms with van der Waals surface area (Å²) < 4.78 is 0. The topological polar surface area (TPSA) is 65.9 Å². The number of rotatable bonds is 4. The molecule has 0 saturated heterocycles. The van der Waals surface area contributed by atoms with Crippen molar-refractivity contribution in [3.63, 3.8) is 0 Å². The maximum Gasteiger partial charge on any atom is 0.320 e. The van der Waals surface area contributed by atoms with Crippen molar-refractivity contribution in [3.8, 4) is 0 Å². The van der Waals surface area contributed by atoms with Crippen molar-refractivity contribution in [2.45, 2.75) is 12.4 Å². The number of ketones is 1. The van der Waals surface area contributed by atoms with Gasteiger partial charge in [-0.05, 0) is 6.92 Å². The quantitative estimate of drug-likeness (QED) is 0.492. The van der Waals surface area contributed by atoms with Crippen LogP contribution in [0.3, 0.4) is 0 Å². The molecule has 1 rings (SSSR count). The van der Waals surface area contributed by atoms with Crippen molar-refractivity contribution in [2.75, 3.05) is 26.9 Å². The molecule has 1 aliphatic rings. The van der Waals surface area contributed by atoms with Crippen LogP contribution in [0.5, 0.6) is 0 Å². The van der Waals surface area contributed by atoms with Gasteiger partial charge in [-0.2, -0.15) is 0 Å². The van der Waals surface area contributed by atoms with Crippen LogP contribution in [0, 0.1) is 0 Å². The Bertz CT molecular complexity index is 351. The van der Waals surface area contributed by atoms with Crippen molar-refractivity contribution in [2.24, 2.45) is 0 Å². The third-order valence-electron chi connectivity index (χ3n) is 2.40. The van der Waals surface area contributed by atoms with Gasteiger partial charge in [0.15, 0.2) is 5.82 Å². The molecule has 0 fully saturated rings. The summed E-state index contributed by atoms with van der Waals surface area (Å²) in [7, 11) is 5.46. The summed E-state index contributed by atoms with van der Waals surface area (Å²) in [6, 6.07) is -0.242. The van der Waals surface area contributed by atoms with Crippen molar-refractivity contribution in [3.05, 3.63) is 12.0 Å². The van der Waals surface area contributed by atoms with Gasteiger partial charge in [-0.3, -0.25) is 19.9 Å². The van der Waals surface area contributed by atoms with Gasteiger partial charge in [-0.15, -0.1) is 0 Å². The molecule has 2 amide bonds. The number of nitrogens with one attached hydrogen (secondary N) is 3. The van der Waals surface area contributed by atoms with E-state index in [1.54, 1.807) is 25.7 Å². The first-order valence-corrected chi connectivity index (χ1v) is 6.38. The summed E-state index contributed by atoms with van der Waals surface area (Å²) in [5.41, 5.74) is 0.117. The first-order valence-electron chi connectivity index (χ1n) is 5.33. The van der Waals surface area contributed by atoms with E-state index in [9.17, 15) is 9.59 Å². The SMILES string of the molecule is CNC(=O)NC1=C[NH+](C)C(SCC(C)=O)N1C.[Cl-]. The van der Waals surface area contributed by atoms with Gasteiger partial charge in [0.1, 0.15) is 12.0 Å². The van der Waals surface area contributed by atoms with Gasteiger partial charge in [-0.1, -0.05) is 11.8 Å². The smallest absolute Gasteiger partial charge is 0.320 e. The minimum atomic E-state index is -0.242. The van der Waals surface area contributed by atoms with E-state index in [-0.39, 0.29) is 29.7 Å². The Kier molecular flexibility index (Phi) is 7.12. The molecule has 0 bridgehead atoms. The van der Waals surface area contributed by atoms with Crippen LogP contribution in [0.25, 0.3) is 0 Å². The van der Waals surface area contributed by atoms with Crippen molar-refractivity contribution < 1.29 is 26.9 Å². The van der Waals surface area contributed by atoms with Crippen LogP contribution in [0.1, 0.15) is 6.92 Å². The average molecular weight is 295 g/mol. The molecule has 8 heteroatoms. The Hall–Kier alpha value is -0.920. The Labute approximate surface area is 118 Å². The highest BCUT2D eigenvalue weighted by Gasteiger charge is 2.33. The Morgan fingerprint density at radius 3 is 2.67 bits per heavy atom. The molecule has 1 heterocycles. The lowest BCUT2D eigenvalue weighted by Crippen LogP contribution is -3.07. The van der Waals surface area contributed by atoms with Crippen LogP contribution in [-0.2, 0) is 4.79 Å². The fraction of sp³-hybridized carbons (Fsp3) is 0.600. The number of hydrogen-bond donors (Lipinski definition) is 3. The predicted molar refractivity (Wildman–Crippen MR) is 67.3 cm³/mol. The third-order valence-corrected chi connectivity index (χ3v) is 3.98. The molecular weight excluding hydrogens is 276 g/mol. The minimum absolute atomic E-state index is 0. The standard InChI is InChI=1S/C10H18N4O2S.ClH/c1-7(15)6-17-10-13(3)5-8(14(10)4)12-9(16)11-2;/h5,10H,6H2,1-4H3,(H2,11,12,16);1H. The molecule has 0 aliphatic carbocycles. The fourth-order valence-electron chi connectivity index (χ4n) is 1.56. The Balaban J connectivity index is 0.00000289. The third kappa shape index (κ3) is 4.40. The van der Waals surface area contributed by atoms with Crippen LogP contribution >= 0.6 is 11.8 Å². The summed E-state index contributed by atoms with van der Waals surface area (Å²) in [5, 5.41) is 5.25. The van der Waals surface area contributed by atoms with Gasteiger partial charge in [0.2, 0.25) is 5.50 Å². The molecular formula is C10H19ClN4O2S. The second-order valence-electron chi connectivity index (χ2n) is 3.95. The average Bonchev–Trinajstić information content (AvgIpc) is 2.51. The van der Waals surface area contributed by atoms with E-state index in [0.29, 0.717) is 5.75 Å². The zero-order valence-corrected chi connectivity index (χ0v) is 12.5. The number of carbonyl (C=O) groups excluding carboxylic acids is 2. The van der Waals surface area contributed by atoms with Crippen LogP contribution in [0.2, 0.25) is 0 Å². The van der Waals surface area contributed by atoms with Gasteiger partial charge in [-0.25, -0.2) is 4.79 Å². The fourth-order valence-corrected chi connectivity index (χ4v) is 2.62. The molecule has 0 saturated carbocycles. The van der Waals surface area contributed by atoms with Crippen molar-refractivity contribution in [1.29, 1.82) is 0 Å². The molecule has 0 aromatic rings. The number of urea groups is 1. The number of hydrogen-bond acceptors (Lipinski definition) is 4. The van der Waals surface area contributed by atoms with Gasteiger partial charge in [0.25, 0.3) is 0 Å². The van der Waals surface area contributed by atoms with Crippen LogP contribution < -0.4 is 27.9 Å². The zero-order chi connectivity index (χ0) is 13.0. The van der Waals surface area contributed by atoms with E-state index in [1.807, 2.05) is 25.2 Å². The molecule has 104 valence electrons. The van der Waals surface area contributed by atoms with E-state index in [2.05, 4.69) is 10.6 Å². The highest BCUT2D eigenvalue weighted by atomic mass is 35.5. The summed E-state index contributed by atoms with van der Waals surface area (Å²) in [5.74, 6) is 1.39. The molecule has 0 radical (unpaired) electrons. The molecule has 0 aromatic heterocycles. The molecule has 18 heavy (non-hydrogen) atoms. The molecule has 6 nitrogen and oxygen atoms in total. The van der Waals surface area contributed by atoms with E-state index in [0.717, 1.165) is 10.7 Å². The first-order chi connectivity index (χ1) is 7.95. The summed E-state index contributed by atoms with van der Waals surface area (Å²) in [6.07, 6.45) is 1.92. The van der Waals surface area contributed by atoms with Gasteiger partial charge >= 0.3 is 6.03 Å². The number of quaternary nitrogens is 1. The zero-order valence-electron chi connectivity index (χ0n) is 10.9. The maximum atomic E-state index is 11.2. The van der Waals surface area contributed by atoms with Gasteiger partial charge < -0.3 is 17.7 Å². The maximum absolute atomic E-state index is 11.2. The number of nitrogens with zero attached hydrogens (tertiary/aromatic N) is 1. The number of amides is 2. The van der Waals surface area contributed by atoms with Crippen molar-refractivity contribution in [1.82, 2.24) is 15.5 Å². The normalized spacial score (nSPS) is 22.0. The van der Waals surface area contributed by atoms with E-state index in [1.165, 1.54) is 0 Å². The molecule has 1 aliphatic heterocycles. The lowest BCUT2D eigenvalue weighted by molar-refractivity contribution is -0.838. The number of carbonyl (C=O) groups is 2. The second-order valence-corrected chi connectivity index (χ2v) is 5.02. The van der Waals surface area contributed by atoms with Gasteiger partial charge in [0, 0.05) is 14.1 Å². The Morgan fingerprint density at radius 1 is 1.56 bits per heavy atom. The predicted octanol–water partition coefficient (Wildman–Crippen LogP) is -4.22. The lowest BCUT2D eigenvalue weighted by Gasteiger charge is -2.23. The molecule has 2 atom stereocenters. The Morgan fingerprint density at radius 2 is 2.17 bits per heavy atom. The monoisotopic (exact) mass is 294 g/mol. The van der Waals surface area contributed by atoms with Crippen LogP contribution in [-0.4, -0.2) is 49.1 Å². The highest BCUT2D eigenvalue weighted by Crippen LogP contribution is 2.15. The number of Topliss-reactive ketones (excluding diaryl/α,β-unsaturated/α-hetero) is 1. The molecule has 2 unspecified atom stereocenters. The molecule has 0 aromatic carbocycles. The van der Waals surface area contributed by atoms with E-state index < -0.39 is 0 Å². The molecule has 0 spiro atoms. The highest BCUT2D eigenvalue weighted by molar-refractivity contribution is 8.00. The van der Waals surface area contributed by atoms with Crippen LogP contribution in [0.15, 0.2) is 12.0 Å². The summed E-state index contributed by atoms with van der Waals surface area (Å²) >= 11 is 1.56. The van der Waals surface area contributed by atoms with Crippen molar-refractivity contribution >= 4 is 23.6 Å². The summed E-state index contributed by atoms with van der Waals surface area (Å²) in [4.78, 5) is 25.3. The molecule has 3 N–H and O–H groups in total. The lowest BCUT2D eigenvalue weighted by atomic mass is 10.5. The number of halogens is 1. The summed E-state index contributed by atoms with van der Waals surface area (Å²) in [6.45, 7) is 1.58. The second kappa shape index (κ2) is 7.50. The van der Waals surface area contributed by atoms with E-state index in [4.69, 9.17) is 0 Å². The van der Waals surface area contributed by atoms with Gasteiger partial charge in [0.05, 0.1) is 12.8 Å². The van der Waals surface area contributed by atoms with Crippen LogP contribution in [0.4, 0.5) is 4.79 Å².